The van der Waals surface area contributed by atoms with Crippen molar-refractivity contribution in [1.29, 1.82) is 0 Å². The van der Waals surface area contributed by atoms with E-state index < -0.39 is 5.76 Å². The molecule has 0 unspecified atom stereocenters. The van der Waals surface area contributed by atoms with Gasteiger partial charge in [0.25, 0.3) is 5.89 Å². The van der Waals surface area contributed by atoms with Crippen molar-refractivity contribution >= 4 is 0 Å². The molecule has 5 heteroatoms. The molecular weight excluding hydrogens is 194 g/mol. The number of pyridine rings is 1. The van der Waals surface area contributed by atoms with E-state index in [4.69, 9.17) is 4.42 Å². The van der Waals surface area contributed by atoms with Crippen LogP contribution in [0.3, 0.4) is 0 Å². The van der Waals surface area contributed by atoms with Gasteiger partial charge in [0.2, 0.25) is 0 Å². The first-order valence-electron chi connectivity index (χ1n) is 4.73. The van der Waals surface area contributed by atoms with Crippen LogP contribution in [-0.4, -0.2) is 15.2 Å². The second kappa shape index (κ2) is 5.09. The van der Waals surface area contributed by atoms with E-state index in [0.717, 1.165) is 5.56 Å². The summed E-state index contributed by atoms with van der Waals surface area (Å²) in [4.78, 5) is 14.6. The highest BCUT2D eigenvalue weighted by atomic mass is 16.4. The molecule has 0 radical (unpaired) electrons. The highest BCUT2D eigenvalue weighted by Crippen LogP contribution is 2.13. The maximum atomic E-state index is 10.6. The number of aromatic amines is 1. The largest absolute Gasteiger partial charge is 0.434 e. The predicted molar refractivity (Wildman–Crippen MR) is 56.4 cm³/mol. The average Bonchev–Trinajstić information content (AvgIpc) is 2.68. The lowest BCUT2D eigenvalue weighted by Crippen LogP contribution is -1.93. The third-order valence-electron chi connectivity index (χ3n) is 1.56. The van der Waals surface area contributed by atoms with Crippen molar-refractivity contribution < 1.29 is 4.42 Å². The molecule has 0 aliphatic rings. The van der Waals surface area contributed by atoms with Gasteiger partial charge in [-0.25, -0.2) is 9.89 Å². The Bertz CT molecular complexity index is 473. The Labute approximate surface area is 87.2 Å². The van der Waals surface area contributed by atoms with Gasteiger partial charge in [-0.2, -0.15) is 0 Å². The van der Waals surface area contributed by atoms with Crippen LogP contribution in [0.2, 0.25) is 0 Å². The third kappa shape index (κ3) is 2.77. The molecule has 2 aromatic heterocycles. The summed E-state index contributed by atoms with van der Waals surface area (Å²) in [5.41, 5.74) is 1.68. The molecule has 2 heterocycles. The van der Waals surface area contributed by atoms with Gasteiger partial charge in [-0.05, 0) is 18.6 Å². The van der Waals surface area contributed by atoms with Crippen LogP contribution >= 0.6 is 0 Å². The normalized spacial score (nSPS) is 9.27. The van der Waals surface area contributed by atoms with Crippen LogP contribution in [0.15, 0.2) is 27.7 Å². The standard InChI is InChI=1S/C8H7N3O2.C2H6/c1-5-2-6(4-9-3-5)7-10-11-8(12)13-7;1-2/h2-4H,1H3,(H,11,12);1-2H3. The summed E-state index contributed by atoms with van der Waals surface area (Å²) in [5, 5.41) is 5.87. The lowest BCUT2D eigenvalue weighted by Gasteiger charge is -1.93. The van der Waals surface area contributed by atoms with Crippen LogP contribution in [-0.2, 0) is 0 Å². The van der Waals surface area contributed by atoms with Crippen molar-refractivity contribution in [2.24, 2.45) is 0 Å². The van der Waals surface area contributed by atoms with Gasteiger partial charge in [-0.3, -0.25) is 4.98 Å². The van der Waals surface area contributed by atoms with Gasteiger partial charge in [0.1, 0.15) is 0 Å². The maximum absolute atomic E-state index is 10.6. The van der Waals surface area contributed by atoms with Gasteiger partial charge >= 0.3 is 5.76 Å². The van der Waals surface area contributed by atoms with Gasteiger partial charge in [0, 0.05) is 12.4 Å². The van der Waals surface area contributed by atoms with Crippen molar-refractivity contribution in [2.45, 2.75) is 20.8 Å². The molecule has 0 atom stereocenters. The molecule has 80 valence electrons. The minimum atomic E-state index is -0.559. The van der Waals surface area contributed by atoms with Crippen molar-refractivity contribution in [3.8, 4) is 11.5 Å². The van der Waals surface area contributed by atoms with E-state index in [2.05, 4.69) is 15.2 Å². The SMILES string of the molecule is CC.Cc1cncc(-c2n[nH]c(=O)o2)c1. The van der Waals surface area contributed by atoms with E-state index in [1.807, 2.05) is 26.8 Å². The van der Waals surface area contributed by atoms with E-state index in [0.29, 0.717) is 5.56 Å². The number of aromatic nitrogens is 3. The zero-order chi connectivity index (χ0) is 11.3. The average molecular weight is 207 g/mol. The van der Waals surface area contributed by atoms with E-state index in [-0.39, 0.29) is 5.89 Å². The van der Waals surface area contributed by atoms with Gasteiger partial charge in [-0.1, -0.05) is 13.8 Å². The fourth-order valence-electron chi connectivity index (χ4n) is 1.03. The Balaban J connectivity index is 0.000000531. The molecule has 2 rings (SSSR count). The highest BCUT2D eigenvalue weighted by Gasteiger charge is 2.04. The molecule has 0 saturated carbocycles. The number of nitrogens with one attached hydrogen (secondary N) is 1. The van der Waals surface area contributed by atoms with E-state index in [1.54, 1.807) is 12.4 Å². The molecule has 0 bridgehead atoms. The number of nitrogens with zero attached hydrogens (tertiary/aromatic N) is 2. The monoisotopic (exact) mass is 207 g/mol. The summed E-state index contributed by atoms with van der Waals surface area (Å²) >= 11 is 0. The molecule has 0 saturated heterocycles. The molecule has 15 heavy (non-hydrogen) atoms. The van der Waals surface area contributed by atoms with Crippen molar-refractivity contribution in [3.63, 3.8) is 0 Å². The third-order valence-corrected chi connectivity index (χ3v) is 1.56. The summed E-state index contributed by atoms with van der Waals surface area (Å²) in [7, 11) is 0. The molecule has 0 aliphatic heterocycles. The van der Waals surface area contributed by atoms with Gasteiger partial charge in [0.05, 0.1) is 5.56 Å². The number of rotatable bonds is 1. The van der Waals surface area contributed by atoms with Crippen LogP contribution in [0, 0.1) is 6.92 Å². The van der Waals surface area contributed by atoms with Crippen molar-refractivity contribution in [3.05, 3.63) is 34.6 Å². The van der Waals surface area contributed by atoms with Crippen molar-refractivity contribution in [1.82, 2.24) is 15.2 Å². The van der Waals surface area contributed by atoms with Crippen LogP contribution < -0.4 is 5.76 Å². The van der Waals surface area contributed by atoms with E-state index >= 15 is 0 Å². The molecule has 0 aliphatic carbocycles. The number of H-pyrrole nitrogens is 1. The first-order valence-corrected chi connectivity index (χ1v) is 4.73. The fraction of sp³-hybridized carbons (Fsp3) is 0.300. The minimum Gasteiger partial charge on any atom is -0.388 e. The lowest BCUT2D eigenvalue weighted by molar-refractivity contribution is 0.526. The smallest absolute Gasteiger partial charge is 0.388 e. The molecular formula is C10H13N3O2. The Morgan fingerprint density at radius 2 is 2.07 bits per heavy atom. The molecule has 5 nitrogen and oxygen atoms in total. The first kappa shape index (κ1) is 11.2. The Morgan fingerprint density at radius 3 is 2.60 bits per heavy atom. The van der Waals surface area contributed by atoms with Crippen LogP contribution in [0.25, 0.3) is 11.5 Å². The molecule has 0 amide bonds. The maximum Gasteiger partial charge on any atom is 0.434 e. The first-order chi connectivity index (χ1) is 7.25. The zero-order valence-electron chi connectivity index (χ0n) is 8.94. The summed E-state index contributed by atoms with van der Waals surface area (Å²) in [6, 6.07) is 1.84. The minimum absolute atomic E-state index is 0.265. The van der Waals surface area contributed by atoms with Crippen LogP contribution in [0.4, 0.5) is 0 Å². The van der Waals surface area contributed by atoms with E-state index in [9.17, 15) is 4.79 Å². The molecule has 2 aromatic rings. The summed E-state index contributed by atoms with van der Waals surface area (Å²) in [5.74, 6) is -0.294. The molecule has 0 spiro atoms. The molecule has 0 fully saturated rings. The topological polar surface area (TPSA) is 71.8 Å². The van der Waals surface area contributed by atoms with Gasteiger partial charge < -0.3 is 4.42 Å². The number of hydrogen-bond acceptors (Lipinski definition) is 4. The Morgan fingerprint density at radius 1 is 1.33 bits per heavy atom. The second-order valence-corrected chi connectivity index (χ2v) is 2.67. The molecule has 0 aromatic carbocycles. The lowest BCUT2D eigenvalue weighted by atomic mass is 10.2. The number of hydrogen-bond donors (Lipinski definition) is 1. The predicted octanol–water partition coefficient (Wildman–Crippen LogP) is 1.76. The van der Waals surface area contributed by atoms with Crippen LogP contribution in [0.1, 0.15) is 19.4 Å². The second-order valence-electron chi connectivity index (χ2n) is 2.67. The van der Waals surface area contributed by atoms with Gasteiger partial charge in [-0.15, -0.1) is 5.10 Å². The fourth-order valence-corrected chi connectivity index (χ4v) is 1.03. The van der Waals surface area contributed by atoms with E-state index in [1.165, 1.54) is 0 Å². The summed E-state index contributed by atoms with van der Waals surface area (Å²) in [6.07, 6.45) is 3.31. The Kier molecular flexibility index (Phi) is 3.79. The van der Waals surface area contributed by atoms with Crippen LogP contribution in [0.5, 0.6) is 0 Å². The summed E-state index contributed by atoms with van der Waals surface area (Å²) < 4.78 is 4.76. The number of aryl methyl sites for hydroxylation is 1. The quantitative estimate of drug-likeness (QED) is 0.773. The molecule has 1 N–H and O–H groups in total. The summed E-state index contributed by atoms with van der Waals surface area (Å²) in [6.45, 7) is 5.90. The van der Waals surface area contributed by atoms with Gasteiger partial charge in [0.15, 0.2) is 0 Å². The highest BCUT2D eigenvalue weighted by molar-refractivity contribution is 5.51. The zero-order valence-corrected chi connectivity index (χ0v) is 8.94. The van der Waals surface area contributed by atoms with Crippen molar-refractivity contribution in [2.75, 3.05) is 0 Å². The Hall–Kier alpha value is -1.91.